The van der Waals surface area contributed by atoms with Gasteiger partial charge in [0.2, 0.25) is 0 Å². The fourth-order valence-corrected chi connectivity index (χ4v) is 1.43. The first kappa shape index (κ1) is 15.0. The van der Waals surface area contributed by atoms with E-state index in [4.69, 9.17) is 4.74 Å². The maximum Gasteiger partial charge on any atom is 0.331 e. The van der Waals surface area contributed by atoms with Gasteiger partial charge in [-0.3, -0.25) is 4.79 Å². The van der Waals surface area contributed by atoms with E-state index in [1.54, 1.807) is 19.9 Å². The summed E-state index contributed by atoms with van der Waals surface area (Å²) in [5.41, 5.74) is 0.910. The molecule has 102 valence electrons. The maximum absolute atomic E-state index is 11.6. The number of benzene rings is 1. The van der Waals surface area contributed by atoms with Gasteiger partial charge < -0.3 is 9.47 Å². The van der Waals surface area contributed by atoms with E-state index in [2.05, 4.69) is 4.74 Å². The van der Waals surface area contributed by atoms with E-state index < -0.39 is 24.0 Å². The first-order valence-corrected chi connectivity index (χ1v) is 6.06. The summed E-state index contributed by atoms with van der Waals surface area (Å²) in [6.07, 6.45) is 2.48. The molecule has 0 saturated carbocycles. The predicted octanol–water partition coefficient (Wildman–Crippen LogP) is 2.44. The SMILES string of the molecule is COC(=O)C(C)C(C)OC(=O)/C=C/c1ccccc1. The Morgan fingerprint density at radius 1 is 1.16 bits per heavy atom. The van der Waals surface area contributed by atoms with E-state index in [9.17, 15) is 9.59 Å². The number of carbonyl (C=O) groups excluding carboxylic acids is 2. The first-order valence-electron chi connectivity index (χ1n) is 6.06. The monoisotopic (exact) mass is 262 g/mol. The second-order valence-corrected chi connectivity index (χ2v) is 4.20. The van der Waals surface area contributed by atoms with Crippen molar-refractivity contribution in [2.45, 2.75) is 20.0 Å². The van der Waals surface area contributed by atoms with Gasteiger partial charge in [0.05, 0.1) is 13.0 Å². The van der Waals surface area contributed by atoms with Gasteiger partial charge >= 0.3 is 11.9 Å². The lowest BCUT2D eigenvalue weighted by atomic mass is 10.1. The molecule has 0 fully saturated rings. The maximum atomic E-state index is 11.6. The smallest absolute Gasteiger partial charge is 0.331 e. The van der Waals surface area contributed by atoms with Crippen LogP contribution in [-0.2, 0) is 19.1 Å². The molecule has 2 atom stereocenters. The Bertz CT molecular complexity index is 450. The summed E-state index contributed by atoms with van der Waals surface area (Å²) in [4.78, 5) is 22.9. The van der Waals surface area contributed by atoms with Gasteiger partial charge in [-0.25, -0.2) is 4.79 Å². The van der Waals surface area contributed by atoms with Crippen molar-refractivity contribution in [1.29, 1.82) is 0 Å². The summed E-state index contributed by atoms with van der Waals surface area (Å²) in [5.74, 6) is -1.36. The van der Waals surface area contributed by atoms with Crippen LogP contribution in [0.15, 0.2) is 36.4 Å². The molecule has 0 N–H and O–H groups in total. The van der Waals surface area contributed by atoms with Crippen LogP contribution in [0.25, 0.3) is 6.08 Å². The quantitative estimate of drug-likeness (QED) is 0.604. The number of carbonyl (C=O) groups is 2. The van der Waals surface area contributed by atoms with Crippen LogP contribution in [0.4, 0.5) is 0 Å². The topological polar surface area (TPSA) is 52.6 Å². The van der Waals surface area contributed by atoms with Crippen LogP contribution in [0.1, 0.15) is 19.4 Å². The minimum Gasteiger partial charge on any atom is -0.469 e. The first-order chi connectivity index (χ1) is 9.04. The number of hydrogen-bond acceptors (Lipinski definition) is 4. The van der Waals surface area contributed by atoms with Crippen LogP contribution in [0.5, 0.6) is 0 Å². The van der Waals surface area contributed by atoms with E-state index in [1.807, 2.05) is 30.3 Å². The molecule has 0 saturated heterocycles. The Morgan fingerprint density at radius 3 is 2.37 bits per heavy atom. The van der Waals surface area contributed by atoms with E-state index in [-0.39, 0.29) is 0 Å². The van der Waals surface area contributed by atoms with Crippen molar-refractivity contribution >= 4 is 18.0 Å². The van der Waals surface area contributed by atoms with Crippen molar-refractivity contribution in [2.75, 3.05) is 7.11 Å². The molecule has 19 heavy (non-hydrogen) atoms. The molecule has 4 nitrogen and oxygen atoms in total. The van der Waals surface area contributed by atoms with Gasteiger partial charge in [0, 0.05) is 6.08 Å². The Balaban J connectivity index is 2.51. The Kier molecular flexibility index (Phi) is 5.79. The third-order valence-electron chi connectivity index (χ3n) is 2.79. The summed E-state index contributed by atoms with van der Waals surface area (Å²) >= 11 is 0. The van der Waals surface area contributed by atoms with E-state index >= 15 is 0 Å². The van der Waals surface area contributed by atoms with Gasteiger partial charge in [-0.1, -0.05) is 30.3 Å². The van der Waals surface area contributed by atoms with Gasteiger partial charge in [0.15, 0.2) is 0 Å². The van der Waals surface area contributed by atoms with Crippen molar-refractivity contribution in [3.05, 3.63) is 42.0 Å². The van der Waals surface area contributed by atoms with Crippen LogP contribution >= 0.6 is 0 Å². The highest BCUT2D eigenvalue weighted by atomic mass is 16.6. The molecule has 1 rings (SSSR count). The second kappa shape index (κ2) is 7.36. The highest BCUT2D eigenvalue weighted by molar-refractivity contribution is 5.87. The van der Waals surface area contributed by atoms with E-state index in [0.29, 0.717) is 0 Å². The number of hydrogen-bond donors (Lipinski definition) is 0. The molecule has 0 spiro atoms. The minimum absolute atomic E-state index is 0.396. The zero-order chi connectivity index (χ0) is 14.3. The van der Waals surface area contributed by atoms with Crippen LogP contribution in [-0.4, -0.2) is 25.2 Å². The number of rotatable bonds is 5. The average Bonchev–Trinajstić information content (AvgIpc) is 2.44. The molecular formula is C15H18O4. The van der Waals surface area contributed by atoms with Gasteiger partial charge in [-0.2, -0.15) is 0 Å². The molecule has 2 unspecified atom stereocenters. The fraction of sp³-hybridized carbons (Fsp3) is 0.333. The minimum atomic E-state index is -0.527. The molecule has 0 radical (unpaired) electrons. The molecule has 0 aliphatic rings. The molecule has 0 aliphatic heterocycles. The molecule has 0 heterocycles. The van der Waals surface area contributed by atoms with Gasteiger partial charge in [0.25, 0.3) is 0 Å². The summed E-state index contributed by atoms with van der Waals surface area (Å²) in [6, 6.07) is 9.42. The molecule has 0 bridgehead atoms. The summed E-state index contributed by atoms with van der Waals surface area (Å²) in [6.45, 7) is 3.32. The number of methoxy groups -OCH3 is 1. The summed E-state index contributed by atoms with van der Waals surface area (Å²) in [7, 11) is 1.31. The van der Waals surface area contributed by atoms with Crippen molar-refractivity contribution in [3.8, 4) is 0 Å². The molecule has 0 aliphatic carbocycles. The van der Waals surface area contributed by atoms with E-state index in [1.165, 1.54) is 13.2 Å². The van der Waals surface area contributed by atoms with Crippen molar-refractivity contribution in [2.24, 2.45) is 5.92 Å². The Hall–Kier alpha value is -2.10. The Labute approximate surface area is 113 Å². The number of ether oxygens (including phenoxy) is 2. The molecule has 0 amide bonds. The molecule has 4 heteroatoms. The van der Waals surface area contributed by atoms with Crippen LogP contribution in [0, 0.1) is 5.92 Å². The molecule has 1 aromatic carbocycles. The lowest BCUT2D eigenvalue weighted by Crippen LogP contribution is -2.28. The van der Waals surface area contributed by atoms with Crippen LogP contribution in [0.2, 0.25) is 0 Å². The lowest BCUT2D eigenvalue weighted by Gasteiger charge is -2.17. The standard InChI is InChI=1S/C15H18O4/c1-11(15(17)18-3)12(2)19-14(16)10-9-13-7-5-4-6-8-13/h4-12H,1-3H3/b10-9+. The number of esters is 2. The van der Waals surface area contributed by atoms with E-state index in [0.717, 1.165) is 5.56 Å². The third-order valence-corrected chi connectivity index (χ3v) is 2.79. The average molecular weight is 262 g/mol. The zero-order valence-electron chi connectivity index (χ0n) is 11.3. The fourth-order valence-electron chi connectivity index (χ4n) is 1.43. The largest absolute Gasteiger partial charge is 0.469 e. The lowest BCUT2D eigenvalue weighted by molar-refractivity contribution is -0.155. The predicted molar refractivity (Wildman–Crippen MR) is 72.2 cm³/mol. The Morgan fingerprint density at radius 2 is 1.79 bits per heavy atom. The second-order valence-electron chi connectivity index (χ2n) is 4.20. The highest BCUT2D eigenvalue weighted by Crippen LogP contribution is 2.10. The van der Waals surface area contributed by atoms with Crippen molar-refractivity contribution in [1.82, 2.24) is 0 Å². The molecule has 1 aromatic rings. The third kappa shape index (κ3) is 4.95. The molecular weight excluding hydrogens is 244 g/mol. The van der Waals surface area contributed by atoms with Gasteiger partial charge in [-0.15, -0.1) is 0 Å². The van der Waals surface area contributed by atoms with Crippen LogP contribution in [0.3, 0.4) is 0 Å². The summed E-state index contributed by atoms with van der Waals surface area (Å²) < 4.78 is 9.73. The molecule has 0 aromatic heterocycles. The van der Waals surface area contributed by atoms with Gasteiger partial charge in [-0.05, 0) is 25.5 Å². The van der Waals surface area contributed by atoms with Crippen molar-refractivity contribution < 1.29 is 19.1 Å². The van der Waals surface area contributed by atoms with Gasteiger partial charge in [0.1, 0.15) is 6.10 Å². The normalized spacial score (nSPS) is 13.8. The van der Waals surface area contributed by atoms with Crippen LogP contribution < -0.4 is 0 Å². The van der Waals surface area contributed by atoms with Crippen molar-refractivity contribution in [3.63, 3.8) is 0 Å². The zero-order valence-corrected chi connectivity index (χ0v) is 11.3. The summed E-state index contributed by atoms with van der Waals surface area (Å²) in [5, 5.41) is 0. The highest BCUT2D eigenvalue weighted by Gasteiger charge is 2.23.